The maximum absolute atomic E-state index is 12.0. The Bertz CT molecular complexity index is 725. The van der Waals surface area contributed by atoms with Gasteiger partial charge >= 0.3 is 6.09 Å². The van der Waals surface area contributed by atoms with E-state index in [0.717, 1.165) is 12.1 Å². The van der Waals surface area contributed by atoms with Crippen molar-refractivity contribution in [1.82, 2.24) is 20.9 Å². The molecule has 0 aliphatic carbocycles. The van der Waals surface area contributed by atoms with Crippen LogP contribution in [0.25, 0.3) is 0 Å². The highest BCUT2D eigenvalue weighted by Gasteiger charge is 2.34. The van der Waals surface area contributed by atoms with Gasteiger partial charge in [-0.05, 0) is 52.3 Å². The molecule has 1 heterocycles. The lowest BCUT2D eigenvalue weighted by atomic mass is 10.1. The summed E-state index contributed by atoms with van der Waals surface area (Å²) in [7, 11) is 0. The van der Waals surface area contributed by atoms with Crippen molar-refractivity contribution in [2.75, 3.05) is 26.2 Å². The van der Waals surface area contributed by atoms with Crippen LogP contribution in [-0.2, 0) is 11.3 Å². The molecule has 1 fully saturated rings. The highest BCUT2D eigenvalue weighted by Crippen LogP contribution is 2.15. The molecule has 0 radical (unpaired) electrons. The Morgan fingerprint density at radius 2 is 1.70 bits per heavy atom. The molecule has 1 aliphatic heterocycles. The van der Waals surface area contributed by atoms with Crippen molar-refractivity contribution in [2.24, 2.45) is 4.99 Å². The van der Waals surface area contributed by atoms with Gasteiger partial charge in [-0.2, -0.15) is 0 Å². The number of carbonyl (C=O) groups excluding carboxylic acids is 2. The van der Waals surface area contributed by atoms with E-state index in [1.807, 2.05) is 46.8 Å². The Kier molecular flexibility index (Phi) is 10.4. The molecular weight excluding hydrogens is 497 g/mol. The van der Waals surface area contributed by atoms with Crippen LogP contribution in [0.1, 0.15) is 50.5 Å². The minimum absolute atomic E-state index is 0. The zero-order chi connectivity index (χ0) is 21.4. The number of benzene rings is 1. The first-order chi connectivity index (χ1) is 13.7. The molecule has 0 saturated carbocycles. The lowest BCUT2D eigenvalue weighted by Crippen LogP contribution is -2.63. The number of rotatable bonds is 6. The van der Waals surface area contributed by atoms with Crippen LogP contribution in [0, 0.1) is 0 Å². The lowest BCUT2D eigenvalue weighted by molar-refractivity contribution is 0.00700. The van der Waals surface area contributed by atoms with Crippen LogP contribution < -0.4 is 16.0 Å². The van der Waals surface area contributed by atoms with Crippen LogP contribution in [-0.4, -0.2) is 60.7 Å². The molecule has 8 nitrogen and oxygen atoms in total. The van der Waals surface area contributed by atoms with Crippen molar-refractivity contribution >= 4 is 41.9 Å². The Morgan fingerprint density at radius 1 is 1.10 bits per heavy atom. The number of aliphatic imine (C=N–C) groups is 1. The summed E-state index contributed by atoms with van der Waals surface area (Å²) in [5, 5.41) is 9.35. The Hall–Kier alpha value is -2.04. The van der Waals surface area contributed by atoms with Crippen molar-refractivity contribution in [1.29, 1.82) is 0 Å². The van der Waals surface area contributed by atoms with Gasteiger partial charge in [-0.1, -0.05) is 12.1 Å². The summed E-state index contributed by atoms with van der Waals surface area (Å²) in [6, 6.07) is 7.57. The highest BCUT2D eigenvalue weighted by molar-refractivity contribution is 14.0. The first-order valence-corrected chi connectivity index (χ1v) is 10.1. The Labute approximate surface area is 196 Å². The fourth-order valence-corrected chi connectivity index (χ4v) is 2.75. The van der Waals surface area contributed by atoms with Crippen molar-refractivity contribution in [2.45, 2.75) is 52.8 Å². The zero-order valence-corrected chi connectivity index (χ0v) is 20.8. The van der Waals surface area contributed by atoms with Crippen molar-refractivity contribution in [3.63, 3.8) is 0 Å². The van der Waals surface area contributed by atoms with Crippen LogP contribution in [0.15, 0.2) is 29.3 Å². The summed E-state index contributed by atoms with van der Waals surface area (Å²) < 4.78 is 5.37. The second-order valence-electron chi connectivity index (χ2n) is 7.98. The first kappa shape index (κ1) is 26.0. The number of nitrogens with zero attached hydrogens (tertiary/aromatic N) is 2. The van der Waals surface area contributed by atoms with Crippen molar-refractivity contribution < 1.29 is 14.3 Å². The van der Waals surface area contributed by atoms with E-state index in [1.54, 1.807) is 17.0 Å². The van der Waals surface area contributed by atoms with Gasteiger partial charge in [0.25, 0.3) is 5.91 Å². The fourth-order valence-electron chi connectivity index (χ4n) is 2.75. The van der Waals surface area contributed by atoms with Crippen LogP contribution in [0.2, 0.25) is 0 Å². The van der Waals surface area contributed by atoms with E-state index in [9.17, 15) is 9.59 Å². The number of guanidine groups is 1. The molecule has 1 aromatic carbocycles. The molecule has 1 saturated heterocycles. The molecule has 3 N–H and O–H groups in total. The molecule has 168 valence electrons. The van der Waals surface area contributed by atoms with Crippen LogP contribution in [0.5, 0.6) is 0 Å². The monoisotopic (exact) mass is 531 g/mol. The number of likely N-dealkylation sites (tertiary alicyclic amines) is 1. The molecule has 9 heteroatoms. The summed E-state index contributed by atoms with van der Waals surface area (Å²) in [4.78, 5) is 30.1. The Balaban J connectivity index is 0.00000450. The van der Waals surface area contributed by atoms with Crippen LogP contribution >= 0.6 is 24.0 Å². The summed E-state index contributed by atoms with van der Waals surface area (Å²) in [6.07, 6.45) is -0.287. The summed E-state index contributed by atoms with van der Waals surface area (Å²) in [6.45, 7) is 12.5. The highest BCUT2D eigenvalue weighted by atomic mass is 127. The van der Waals surface area contributed by atoms with Crippen LogP contribution in [0.3, 0.4) is 0 Å². The van der Waals surface area contributed by atoms with Gasteiger partial charge in [0.05, 0.1) is 12.6 Å². The third-order valence-electron chi connectivity index (χ3n) is 4.19. The number of carbonyl (C=O) groups is 2. The van der Waals surface area contributed by atoms with E-state index < -0.39 is 5.60 Å². The molecule has 30 heavy (non-hydrogen) atoms. The molecule has 0 atom stereocenters. The van der Waals surface area contributed by atoms with Crippen LogP contribution in [0.4, 0.5) is 4.79 Å². The van der Waals surface area contributed by atoms with Gasteiger partial charge in [-0.25, -0.2) is 9.79 Å². The number of ether oxygens (including phenoxy) is 1. The number of halogens is 1. The number of hydrogen-bond donors (Lipinski definition) is 3. The van der Waals surface area contributed by atoms with Gasteiger partial charge in [-0.3, -0.25) is 4.79 Å². The topological polar surface area (TPSA) is 95.1 Å². The average Bonchev–Trinajstić information content (AvgIpc) is 2.61. The lowest BCUT2D eigenvalue weighted by Gasteiger charge is -2.40. The maximum Gasteiger partial charge on any atom is 0.410 e. The van der Waals surface area contributed by atoms with Gasteiger partial charge in [0.15, 0.2) is 5.96 Å². The molecular formula is C21H34IN5O3. The molecule has 0 unspecified atom stereocenters. The molecule has 2 amide bonds. The second-order valence-corrected chi connectivity index (χ2v) is 7.98. The Morgan fingerprint density at radius 3 is 2.23 bits per heavy atom. The summed E-state index contributed by atoms with van der Waals surface area (Å²) in [5.41, 5.74) is 1.17. The minimum Gasteiger partial charge on any atom is -0.444 e. The number of hydrogen-bond acceptors (Lipinski definition) is 4. The SMILES string of the molecule is CCNC(=O)c1ccc(CN=C(NCC)NC2CN(C(=O)OC(C)(C)C)C2)cc1.I. The van der Waals surface area contributed by atoms with Gasteiger partial charge in [0.1, 0.15) is 5.60 Å². The minimum atomic E-state index is -0.487. The van der Waals surface area contributed by atoms with E-state index >= 15 is 0 Å². The van der Waals surface area contributed by atoms with Gasteiger partial charge in [0.2, 0.25) is 0 Å². The third-order valence-corrected chi connectivity index (χ3v) is 4.19. The van der Waals surface area contributed by atoms with E-state index in [2.05, 4.69) is 20.9 Å². The largest absolute Gasteiger partial charge is 0.444 e. The molecule has 2 rings (SSSR count). The predicted octanol–water partition coefficient (Wildman–Crippen LogP) is 2.73. The second kappa shape index (κ2) is 12.0. The van der Waals surface area contributed by atoms with Gasteiger partial charge in [-0.15, -0.1) is 24.0 Å². The summed E-state index contributed by atoms with van der Waals surface area (Å²) >= 11 is 0. The molecule has 0 bridgehead atoms. The van der Waals surface area contributed by atoms with E-state index in [4.69, 9.17) is 4.74 Å². The third kappa shape index (κ3) is 8.37. The van der Waals surface area contributed by atoms with Gasteiger partial charge < -0.3 is 25.6 Å². The van der Waals surface area contributed by atoms with E-state index in [0.29, 0.717) is 37.7 Å². The van der Waals surface area contributed by atoms with Crippen molar-refractivity contribution in [3.05, 3.63) is 35.4 Å². The van der Waals surface area contributed by atoms with Crippen molar-refractivity contribution in [3.8, 4) is 0 Å². The maximum atomic E-state index is 12.0. The normalized spacial score (nSPS) is 14.3. The number of nitrogens with one attached hydrogen (secondary N) is 3. The van der Waals surface area contributed by atoms with E-state index in [-0.39, 0.29) is 42.0 Å². The predicted molar refractivity (Wildman–Crippen MR) is 129 cm³/mol. The zero-order valence-electron chi connectivity index (χ0n) is 18.4. The first-order valence-electron chi connectivity index (χ1n) is 10.1. The molecule has 1 aromatic rings. The standard InChI is InChI=1S/C21H33N5O3.HI/c1-6-22-18(27)16-10-8-15(9-11-16)12-24-19(23-7-2)25-17-13-26(14-17)20(28)29-21(3,4)5;/h8-11,17H,6-7,12-14H2,1-5H3,(H,22,27)(H2,23,24,25);1H. The summed E-state index contributed by atoms with van der Waals surface area (Å²) in [5.74, 6) is 0.631. The fraction of sp³-hybridized carbons (Fsp3) is 0.571. The quantitative estimate of drug-likeness (QED) is 0.298. The smallest absolute Gasteiger partial charge is 0.410 e. The number of amides is 2. The average molecular weight is 531 g/mol. The van der Waals surface area contributed by atoms with Gasteiger partial charge in [0, 0.05) is 31.7 Å². The molecule has 0 aromatic heterocycles. The van der Waals surface area contributed by atoms with E-state index in [1.165, 1.54) is 0 Å². The molecule has 1 aliphatic rings. The molecule has 0 spiro atoms.